The van der Waals surface area contributed by atoms with E-state index in [4.69, 9.17) is 21.0 Å². The molecular weight excluding hydrogens is 637 g/mol. The first-order valence-electron chi connectivity index (χ1n) is 17.2. The summed E-state index contributed by atoms with van der Waals surface area (Å²) in [7, 11) is 0. The number of hydrogen-bond donors (Lipinski definition) is 0. The van der Waals surface area contributed by atoms with Crippen LogP contribution in [0.1, 0.15) is 0 Å². The van der Waals surface area contributed by atoms with Crippen LogP contribution in [0, 0.1) is 6.57 Å². The van der Waals surface area contributed by atoms with Gasteiger partial charge in [-0.05, 0) is 64.7 Å². The van der Waals surface area contributed by atoms with Crippen molar-refractivity contribution in [1.82, 2.24) is 14.5 Å². The van der Waals surface area contributed by atoms with Gasteiger partial charge in [0.25, 0.3) is 0 Å². The largest absolute Gasteiger partial charge is 0.456 e. The van der Waals surface area contributed by atoms with Crippen LogP contribution in [0.4, 0.5) is 5.69 Å². The second-order valence-electron chi connectivity index (χ2n) is 12.8. The van der Waals surface area contributed by atoms with Crippen molar-refractivity contribution in [3.05, 3.63) is 181 Å². The predicted octanol–water partition coefficient (Wildman–Crippen LogP) is 12.7. The van der Waals surface area contributed by atoms with Crippen molar-refractivity contribution < 1.29 is 4.42 Å². The van der Waals surface area contributed by atoms with Crippen LogP contribution in [0.15, 0.2) is 174 Å². The Morgan fingerprint density at radius 3 is 1.71 bits per heavy atom. The van der Waals surface area contributed by atoms with Crippen LogP contribution in [0.5, 0.6) is 0 Å². The third-order valence-corrected chi connectivity index (χ3v) is 9.84. The molecule has 3 heterocycles. The number of benzene rings is 7. The normalized spacial score (nSPS) is 11.4. The van der Waals surface area contributed by atoms with Crippen LogP contribution in [-0.4, -0.2) is 14.5 Å². The summed E-state index contributed by atoms with van der Waals surface area (Å²) in [5.41, 5.74) is 11.4. The predicted molar refractivity (Wildman–Crippen MR) is 212 cm³/mol. The second kappa shape index (κ2) is 11.9. The Kier molecular flexibility index (Phi) is 6.80. The fourth-order valence-corrected chi connectivity index (χ4v) is 7.49. The van der Waals surface area contributed by atoms with Crippen molar-refractivity contribution in [3.63, 3.8) is 0 Å². The maximum Gasteiger partial charge on any atom is 0.238 e. The summed E-state index contributed by atoms with van der Waals surface area (Å²) >= 11 is 0. The first-order chi connectivity index (χ1) is 25.7. The lowest BCUT2D eigenvalue weighted by Crippen LogP contribution is -1.97. The Bertz CT molecular complexity index is 2910. The van der Waals surface area contributed by atoms with Crippen LogP contribution in [-0.2, 0) is 0 Å². The lowest BCUT2D eigenvalue weighted by atomic mass is 9.99. The van der Waals surface area contributed by atoms with Crippen molar-refractivity contribution in [2.24, 2.45) is 0 Å². The van der Waals surface area contributed by atoms with Gasteiger partial charge < -0.3 is 8.98 Å². The number of hydrogen-bond acceptors (Lipinski definition) is 3. The summed E-state index contributed by atoms with van der Waals surface area (Å²) in [6, 6.07) is 58.0. The molecule has 0 atom stereocenters. The number of nitrogens with zero attached hydrogens (tertiary/aromatic N) is 4. The summed E-state index contributed by atoms with van der Waals surface area (Å²) in [5.74, 6) is 0.539. The maximum atomic E-state index is 8.19. The minimum absolute atomic E-state index is 0.427. The molecule has 0 saturated heterocycles. The number of aromatic nitrogens is 3. The molecule has 0 spiro atoms. The molecule has 5 nitrogen and oxygen atoms in total. The third-order valence-electron chi connectivity index (χ3n) is 9.84. The minimum Gasteiger partial charge on any atom is -0.456 e. The van der Waals surface area contributed by atoms with E-state index in [0.29, 0.717) is 22.9 Å². The van der Waals surface area contributed by atoms with Gasteiger partial charge in [-0.1, -0.05) is 127 Å². The SMILES string of the molecule is [C-]#[N+]c1c(-c2ccccc2)nc(-c2cccc3oc4ccc(-c5cccc(-n6c7ccccc7c7ccccc76)c5)cc4c23)nc1-c1ccccc1. The first kappa shape index (κ1) is 29.6. The molecule has 0 aliphatic rings. The Morgan fingerprint density at radius 1 is 0.481 bits per heavy atom. The first-order valence-corrected chi connectivity index (χ1v) is 17.2. The number of para-hydroxylation sites is 2. The number of fused-ring (bicyclic) bond motifs is 6. The van der Waals surface area contributed by atoms with Crippen molar-refractivity contribution in [1.29, 1.82) is 0 Å². The molecule has 10 aromatic rings. The summed E-state index contributed by atoms with van der Waals surface area (Å²) in [4.78, 5) is 14.2. The quantitative estimate of drug-likeness (QED) is 0.172. The zero-order chi connectivity index (χ0) is 34.6. The van der Waals surface area contributed by atoms with Crippen LogP contribution in [0.25, 0.3) is 99.3 Å². The fourth-order valence-electron chi connectivity index (χ4n) is 7.49. The van der Waals surface area contributed by atoms with Gasteiger partial charge in [0.1, 0.15) is 11.2 Å². The summed E-state index contributed by atoms with van der Waals surface area (Å²) in [5, 5.41) is 4.39. The Balaban J connectivity index is 1.17. The average Bonchev–Trinajstić information content (AvgIpc) is 3.77. The summed E-state index contributed by atoms with van der Waals surface area (Å²) < 4.78 is 8.80. The third kappa shape index (κ3) is 4.70. The molecule has 0 N–H and O–H groups in total. The molecule has 0 aliphatic carbocycles. The van der Waals surface area contributed by atoms with E-state index in [1.807, 2.05) is 78.9 Å². The molecule has 0 fully saturated rings. The van der Waals surface area contributed by atoms with Gasteiger partial charge in [0.05, 0.1) is 29.0 Å². The molecule has 0 radical (unpaired) electrons. The topological polar surface area (TPSA) is 48.2 Å². The van der Waals surface area contributed by atoms with Gasteiger partial charge in [-0.3, -0.25) is 0 Å². The van der Waals surface area contributed by atoms with E-state index < -0.39 is 0 Å². The molecule has 5 heteroatoms. The lowest BCUT2D eigenvalue weighted by Gasteiger charge is -2.13. The van der Waals surface area contributed by atoms with E-state index in [-0.39, 0.29) is 0 Å². The van der Waals surface area contributed by atoms with E-state index in [0.717, 1.165) is 55.4 Å². The molecule has 7 aromatic carbocycles. The van der Waals surface area contributed by atoms with E-state index >= 15 is 0 Å². The zero-order valence-corrected chi connectivity index (χ0v) is 27.9. The van der Waals surface area contributed by atoms with Gasteiger partial charge in [0, 0.05) is 32.8 Å². The van der Waals surface area contributed by atoms with Gasteiger partial charge >= 0.3 is 0 Å². The highest BCUT2D eigenvalue weighted by Gasteiger charge is 2.22. The maximum absolute atomic E-state index is 8.19. The van der Waals surface area contributed by atoms with Crippen LogP contribution in [0.3, 0.4) is 0 Å². The zero-order valence-electron chi connectivity index (χ0n) is 27.9. The van der Waals surface area contributed by atoms with Crippen LogP contribution < -0.4 is 0 Å². The van der Waals surface area contributed by atoms with Gasteiger partial charge in [0.2, 0.25) is 5.69 Å². The van der Waals surface area contributed by atoms with Crippen molar-refractivity contribution in [2.75, 3.05) is 0 Å². The van der Waals surface area contributed by atoms with Crippen LogP contribution >= 0.6 is 0 Å². The summed E-state index contributed by atoms with van der Waals surface area (Å²) in [6.45, 7) is 8.19. The smallest absolute Gasteiger partial charge is 0.238 e. The highest BCUT2D eigenvalue weighted by molar-refractivity contribution is 6.13. The van der Waals surface area contributed by atoms with Crippen molar-refractivity contribution in [2.45, 2.75) is 0 Å². The Hall–Kier alpha value is -7.29. The van der Waals surface area contributed by atoms with Gasteiger partial charge in [-0.25, -0.2) is 14.8 Å². The number of furan rings is 1. The molecule has 52 heavy (non-hydrogen) atoms. The Labute approximate surface area is 299 Å². The van der Waals surface area contributed by atoms with E-state index in [1.165, 1.54) is 21.8 Å². The van der Waals surface area contributed by atoms with Crippen LogP contribution in [0.2, 0.25) is 0 Å². The second-order valence-corrected chi connectivity index (χ2v) is 12.8. The van der Waals surface area contributed by atoms with E-state index in [2.05, 4.69) is 100 Å². The molecule has 242 valence electrons. The standard InChI is InChI=1S/C47H28N4O/c1-48-46-44(30-14-4-2-5-15-30)49-47(50-45(46)31-16-6-3-7-17-31)37-22-13-25-42-43(37)38-29-33(26-27-41(38)52-42)32-18-12-19-34(28-32)51-39-23-10-8-20-35(39)36-21-9-11-24-40(36)51/h2-29H. The van der Waals surface area contributed by atoms with Crippen molar-refractivity contribution >= 4 is 49.4 Å². The van der Waals surface area contributed by atoms with Gasteiger partial charge in [-0.2, -0.15) is 0 Å². The fraction of sp³-hybridized carbons (Fsp3) is 0. The highest BCUT2D eigenvalue weighted by Crippen LogP contribution is 2.42. The van der Waals surface area contributed by atoms with Gasteiger partial charge in [-0.15, -0.1) is 0 Å². The van der Waals surface area contributed by atoms with E-state index in [9.17, 15) is 0 Å². The molecule has 0 bridgehead atoms. The average molecular weight is 665 g/mol. The molecular formula is C47H28N4O. The van der Waals surface area contributed by atoms with Gasteiger partial charge in [0.15, 0.2) is 5.82 Å². The van der Waals surface area contributed by atoms with E-state index in [1.54, 1.807) is 0 Å². The lowest BCUT2D eigenvalue weighted by molar-refractivity contribution is 0.669. The Morgan fingerprint density at radius 2 is 1.06 bits per heavy atom. The molecule has 0 aliphatic heterocycles. The monoisotopic (exact) mass is 664 g/mol. The highest BCUT2D eigenvalue weighted by atomic mass is 16.3. The molecule has 0 unspecified atom stereocenters. The summed E-state index contributed by atoms with van der Waals surface area (Å²) in [6.07, 6.45) is 0. The molecule has 0 amide bonds. The molecule has 0 saturated carbocycles. The van der Waals surface area contributed by atoms with Crippen molar-refractivity contribution in [3.8, 4) is 50.7 Å². The minimum atomic E-state index is 0.427. The molecule has 3 aromatic heterocycles. The molecule has 10 rings (SSSR count). The number of rotatable bonds is 5.